The molecule has 0 saturated carbocycles. The van der Waals surface area contributed by atoms with Crippen molar-refractivity contribution in [3.05, 3.63) is 30.1 Å². The van der Waals surface area contributed by atoms with Gasteiger partial charge in [-0.25, -0.2) is 9.78 Å². The van der Waals surface area contributed by atoms with E-state index in [1.165, 1.54) is 0 Å². The van der Waals surface area contributed by atoms with Crippen molar-refractivity contribution >= 4 is 17.1 Å². The minimum atomic E-state index is -0.196. The van der Waals surface area contributed by atoms with Crippen LogP contribution < -0.4 is 10.6 Å². The van der Waals surface area contributed by atoms with E-state index in [9.17, 15) is 4.79 Å². The third-order valence-electron chi connectivity index (χ3n) is 3.68. The summed E-state index contributed by atoms with van der Waals surface area (Å²) in [5, 5.41) is 5.72. The minimum Gasteiger partial charge on any atom is -0.376 e. The van der Waals surface area contributed by atoms with Crippen LogP contribution in [0.25, 0.3) is 11.0 Å². The largest absolute Gasteiger partial charge is 0.376 e. The molecule has 2 amide bonds. The van der Waals surface area contributed by atoms with Crippen molar-refractivity contribution in [3.63, 3.8) is 0 Å². The predicted molar refractivity (Wildman–Crippen MR) is 80.0 cm³/mol. The highest BCUT2D eigenvalue weighted by molar-refractivity contribution is 5.76. The summed E-state index contributed by atoms with van der Waals surface area (Å²) in [7, 11) is 0. The van der Waals surface area contributed by atoms with Crippen molar-refractivity contribution in [1.82, 2.24) is 20.6 Å². The Hall–Kier alpha value is -2.08. The fourth-order valence-electron chi connectivity index (χ4n) is 2.51. The Kier molecular flexibility index (Phi) is 4.06. The summed E-state index contributed by atoms with van der Waals surface area (Å²) in [5.74, 6) is 0.753. The molecule has 0 radical (unpaired) electrons. The zero-order chi connectivity index (χ0) is 14.7. The van der Waals surface area contributed by atoms with E-state index in [1.54, 1.807) is 0 Å². The number of aromatic amines is 1. The smallest absolute Gasteiger partial charge is 0.315 e. The summed E-state index contributed by atoms with van der Waals surface area (Å²) in [4.78, 5) is 19.6. The summed E-state index contributed by atoms with van der Waals surface area (Å²) in [6, 6.07) is 7.44. The van der Waals surface area contributed by atoms with Crippen molar-refractivity contribution in [2.24, 2.45) is 0 Å². The topological polar surface area (TPSA) is 79.0 Å². The van der Waals surface area contributed by atoms with E-state index in [1.807, 2.05) is 31.2 Å². The van der Waals surface area contributed by atoms with Crippen molar-refractivity contribution in [2.45, 2.75) is 31.9 Å². The van der Waals surface area contributed by atoms with Crippen molar-refractivity contribution in [1.29, 1.82) is 0 Å². The molecule has 1 fully saturated rings. The Morgan fingerprint density at radius 3 is 3.14 bits per heavy atom. The van der Waals surface area contributed by atoms with Crippen LogP contribution >= 0.6 is 0 Å². The van der Waals surface area contributed by atoms with Gasteiger partial charge in [0.25, 0.3) is 0 Å². The number of aromatic nitrogens is 2. The first kappa shape index (κ1) is 13.9. The molecular weight excluding hydrogens is 268 g/mol. The third-order valence-corrected chi connectivity index (χ3v) is 3.68. The average Bonchev–Trinajstić information content (AvgIpc) is 3.14. The first-order valence-electron chi connectivity index (χ1n) is 7.33. The molecule has 6 nitrogen and oxygen atoms in total. The molecule has 0 aliphatic carbocycles. The van der Waals surface area contributed by atoms with E-state index in [-0.39, 0.29) is 18.2 Å². The number of urea groups is 1. The van der Waals surface area contributed by atoms with Gasteiger partial charge in [-0.15, -0.1) is 0 Å². The number of carbonyl (C=O) groups excluding carboxylic acids is 1. The summed E-state index contributed by atoms with van der Waals surface area (Å²) in [5.41, 5.74) is 1.88. The van der Waals surface area contributed by atoms with Gasteiger partial charge < -0.3 is 20.4 Å². The molecule has 3 N–H and O–H groups in total. The molecule has 112 valence electrons. The molecule has 2 atom stereocenters. The number of nitrogens with zero attached hydrogens (tertiary/aromatic N) is 1. The number of nitrogens with one attached hydrogen (secondary N) is 3. The number of hydrogen-bond acceptors (Lipinski definition) is 3. The number of imidazole rings is 1. The van der Waals surface area contributed by atoms with Gasteiger partial charge in [0.05, 0.1) is 23.2 Å². The van der Waals surface area contributed by atoms with Gasteiger partial charge in [-0.1, -0.05) is 12.1 Å². The molecule has 2 unspecified atom stereocenters. The lowest BCUT2D eigenvalue weighted by atomic mass is 10.2. The van der Waals surface area contributed by atoms with Gasteiger partial charge in [0.1, 0.15) is 5.82 Å². The van der Waals surface area contributed by atoms with Crippen LogP contribution in [0.1, 0.15) is 31.6 Å². The molecular formula is C15H20N4O2. The van der Waals surface area contributed by atoms with Crippen molar-refractivity contribution < 1.29 is 9.53 Å². The highest BCUT2D eigenvalue weighted by Gasteiger charge is 2.17. The maximum atomic E-state index is 11.9. The van der Waals surface area contributed by atoms with Crippen LogP contribution in [-0.4, -0.2) is 35.3 Å². The highest BCUT2D eigenvalue weighted by atomic mass is 16.5. The molecule has 21 heavy (non-hydrogen) atoms. The lowest BCUT2D eigenvalue weighted by molar-refractivity contribution is 0.111. The first-order chi connectivity index (χ1) is 10.2. The van der Waals surface area contributed by atoms with Crippen molar-refractivity contribution in [3.8, 4) is 0 Å². The molecule has 0 spiro atoms. The van der Waals surface area contributed by atoms with E-state index in [0.717, 1.165) is 36.3 Å². The van der Waals surface area contributed by atoms with Gasteiger partial charge in [0, 0.05) is 13.2 Å². The average molecular weight is 288 g/mol. The quantitative estimate of drug-likeness (QED) is 0.806. The molecule has 2 heterocycles. The SMILES string of the molecule is CC(NC(=O)NCC1CCCO1)c1nc2ccccc2[nH]1. The van der Waals surface area contributed by atoms with Crippen LogP contribution in [0.4, 0.5) is 4.79 Å². The normalized spacial score (nSPS) is 19.6. The molecule has 1 aliphatic rings. The van der Waals surface area contributed by atoms with Gasteiger partial charge in [0.2, 0.25) is 0 Å². The second-order valence-corrected chi connectivity index (χ2v) is 5.35. The van der Waals surface area contributed by atoms with Crippen LogP contribution in [0.2, 0.25) is 0 Å². The van der Waals surface area contributed by atoms with E-state index in [0.29, 0.717) is 6.54 Å². The summed E-state index contributed by atoms with van der Waals surface area (Å²) in [6.07, 6.45) is 2.24. The van der Waals surface area contributed by atoms with E-state index < -0.39 is 0 Å². The van der Waals surface area contributed by atoms with Crippen LogP contribution in [0, 0.1) is 0 Å². The number of carbonyl (C=O) groups is 1. The number of benzene rings is 1. The van der Waals surface area contributed by atoms with Gasteiger partial charge in [0.15, 0.2) is 0 Å². The van der Waals surface area contributed by atoms with Crippen LogP contribution in [0.5, 0.6) is 0 Å². The van der Waals surface area contributed by atoms with Crippen LogP contribution in [-0.2, 0) is 4.74 Å². The number of para-hydroxylation sites is 2. The standard InChI is InChI=1S/C15H20N4O2/c1-10(14-18-12-6-2-3-7-13(12)19-14)17-15(20)16-9-11-5-4-8-21-11/h2-3,6-7,10-11H,4-5,8-9H2,1H3,(H,18,19)(H2,16,17,20). The number of amides is 2. The van der Waals surface area contributed by atoms with Gasteiger partial charge in [-0.3, -0.25) is 0 Å². The van der Waals surface area contributed by atoms with E-state index >= 15 is 0 Å². The van der Waals surface area contributed by atoms with Gasteiger partial charge >= 0.3 is 6.03 Å². The number of hydrogen-bond donors (Lipinski definition) is 3. The maximum Gasteiger partial charge on any atom is 0.315 e. The van der Waals surface area contributed by atoms with Gasteiger partial charge in [-0.2, -0.15) is 0 Å². The highest BCUT2D eigenvalue weighted by Crippen LogP contribution is 2.15. The maximum absolute atomic E-state index is 11.9. The predicted octanol–water partition coefficient (Wildman–Crippen LogP) is 2.10. The molecule has 2 aromatic rings. The molecule has 1 saturated heterocycles. The molecule has 1 aromatic heterocycles. The van der Waals surface area contributed by atoms with Gasteiger partial charge in [-0.05, 0) is 31.9 Å². The Morgan fingerprint density at radius 2 is 2.38 bits per heavy atom. The molecule has 1 aliphatic heterocycles. The molecule has 6 heteroatoms. The number of H-pyrrole nitrogens is 1. The Bertz CT molecular complexity index is 586. The second kappa shape index (κ2) is 6.13. The summed E-state index contributed by atoms with van der Waals surface area (Å²) >= 11 is 0. The van der Waals surface area contributed by atoms with E-state index in [2.05, 4.69) is 20.6 Å². The number of rotatable bonds is 4. The second-order valence-electron chi connectivity index (χ2n) is 5.35. The Morgan fingerprint density at radius 1 is 1.52 bits per heavy atom. The zero-order valence-corrected chi connectivity index (χ0v) is 12.1. The first-order valence-corrected chi connectivity index (χ1v) is 7.33. The van der Waals surface area contributed by atoms with Crippen LogP contribution in [0.15, 0.2) is 24.3 Å². The molecule has 0 bridgehead atoms. The summed E-state index contributed by atoms with van der Waals surface area (Å²) in [6.45, 7) is 3.26. The Balaban J connectivity index is 1.54. The molecule has 3 rings (SSSR count). The van der Waals surface area contributed by atoms with Crippen LogP contribution in [0.3, 0.4) is 0 Å². The molecule has 1 aromatic carbocycles. The van der Waals surface area contributed by atoms with E-state index in [4.69, 9.17) is 4.74 Å². The number of fused-ring (bicyclic) bond motifs is 1. The fourth-order valence-corrected chi connectivity index (χ4v) is 2.51. The lowest BCUT2D eigenvalue weighted by Gasteiger charge is -2.14. The Labute approximate surface area is 123 Å². The minimum absolute atomic E-state index is 0.150. The fraction of sp³-hybridized carbons (Fsp3) is 0.467. The van der Waals surface area contributed by atoms with Crippen molar-refractivity contribution in [2.75, 3.05) is 13.2 Å². The monoisotopic (exact) mass is 288 g/mol. The summed E-state index contributed by atoms with van der Waals surface area (Å²) < 4.78 is 5.47. The lowest BCUT2D eigenvalue weighted by Crippen LogP contribution is -2.40. The third kappa shape index (κ3) is 3.33. The number of ether oxygens (including phenoxy) is 1. The zero-order valence-electron chi connectivity index (χ0n) is 12.1.